The molecule has 0 radical (unpaired) electrons. The summed E-state index contributed by atoms with van der Waals surface area (Å²) in [4.78, 5) is 15.6. The van der Waals surface area contributed by atoms with Crippen LogP contribution in [0.25, 0.3) is 0 Å². The Morgan fingerprint density at radius 3 is 2.78 bits per heavy atom. The lowest BCUT2D eigenvalue weighted by atomic mass is 9.99. The fourth-order valence-corrected chi connectivity index (χ4v) is 1.94. The van der Waals surface area contributed by atoms with E-state index < -0.39 is 0 Å². The summed E-state index contributed by atoms with van der Waals surface area (Å²) in [5.74, 6) is 0.883. The van der Waals surface area contributed by atoms with Crippen molar-refractivity contribution < 1.29 is 9.53 Å². The second-order valence-corrected chi connectivity index (χ2v) is 5.25. The monoisotopic (exact) mass is 311 g/mol. The highest BCUT2D eigenvalue weighted by Gasteiger charge is 2.04. The van der Waals surface area contributed by atoms with Crippen molar-refractivity contribution in [1.29, 1.82) is 0 Å². The molecule has 0 bridgehead atoms. The number of ether oxygens (including phenoxy) is 1. The van der Waals surface area contributed by atoms with Gasteiger partial charge in [0.25, 0.3) is 5.91 Å². The van der Waals surface area contributed by atoms with E-state index in [9.17, 15) is 4.79 Å². The predicted octanol–water partition coefficient (Wildman–Crippen LogP) is 3.12. The largest absolute Gasteiger partial charge is 0.484 e. The second kappa shape index (κ2) is 8.68. The number of nitrogens with one attached hydrogen (secondary N) is 1. The minimum absolute atomic E-state index is 0.0763. The predicted molar refractivity (Wildman–Crippen MR) is 90.6 cm³/mol. The van der Waals surface area contributed by atoms with Crippen LogP contribution in [0.5, 0.6) is 5.75 Å². The number of hydrazone groups is 1. The summed E-state index contributed by atoms with van der Waals surface area (Å²) in [6.45, 7) is 4.27. The van der Waals surface area contributed by atoms with Gasteiger partial charge in [0.15, 0.2) is 6.61 Å². The molecule has 0 aliphatic rings. The number of aromatic nitrogens is 1. The van der Waals surface area contributed by atoms with Crippen LogP contribution in [0.4, 0.5) is 0 Å². The summed E-state index contributed by atoms with van der Waals surface area (Å²) in [7, 11) is 0. The van der Waals surface area contributed by atoms with Gasteiger partial charge in [0.1, 0.15) is 5.75 Å². The molecule has 1 amide bonds. The average Bonchev–Trinajstić information content (AvgIpc) is 2.60. The van der Waals surface area contributed by atoms with Crippen LogP contribution >= 0.6 is 0 Å². The molecular formula is C18H21N3O2. The summed E-state index contributed by atoms with van der Waals surface area (Å²) in [6.07, 6.45) is 5.96. The Bertz CT molecular complexity index is 639. The molecule has 1 aromatic heterocycles. The molecule has 0 saturated heterocycles. The van der Waals surface area contributed by atoms with Gasteiger partial charge in [0.05, 0.1) is 6.21 Å². The van der Waals surface area contributed by atoms with Crippen molar-refractivity contribution in [3.63, 3.8) is 0 Å². The molecule has 0 spiro atoms. The van der Waals surface area contributed by atoms with E-state index in [1.807, 2.05) is 30.3 Å². The van der Waals surface area contributed by atoms with Gasteiger partial charge < -0.3 is 4.74 Å². The highest BCUT2D eigenvalue weighted by molar-refractivity contribution is 5.82. The Morgan fingerprint density at radius 1 is 1.35 bits per heavy atom. The molecule has 2 aromatic rings. The molecule has 5 heteroatoms. The number of pyridine rings is 1. The maximum Gasteiger partial charge on any atom is 0.277 e. The van der Waals surface area contributed by atoms with Gasteiger partial charge in [-0.05, 0) is 36.1 Å². The molecule has 23 heavy (non-hydrogen) atoms. The third kappa shape index (κ3) is 5.54. The molecule has 0 fully saturated rings. The minimum atomic E-state index is -0.309. The quantitative estimate of drug-likeness (QED) is 0.631. The van der Waals surface area contributed by atoms with Crippen LogP contribution in [0.15, 0.2) is 53.9 Å². The van der Waals surface area contributed by atoms with Crippen LogP contribution in [-0.4, -0.2) is 23.7 Å². The van der Waals surface area contributed by atoms with Gasteiger partial charge in [-0.3, -0.25) is 9.78 Å². The van der Waals surface area contributed by atoms with Crippen molar-refractivity contribution in [1.82, 2.24) is 10.4 Å². The molecule has 0 aliphatic carbocycles. The van der Waals surface area contributed by atoms with E-state index in [0.29, 0.717) is 11.7 Å². The molecular weight excluding hydrogens is 290 g/mol. The zero-order valence-corrected chi connectivity index (χ0v) is 13.4. The molecule has 2 rings (SSSR count). The van der Waals surface area contributed by atoms with Gasteiger partial charge in [0.2, 0.25) is 0 Å². The lowest BCUT2D eigenvalue weighted by Gasteiger charge is -2.10. The number of rotatable bonds is 7. The number of hydrogen-bond acceptors (Lipinski definition) is 4. The van der Waals surface area contributed by atoms with E-state index in [2.05, 4.69) is 29.4 Å². The van der Waals surface area contributed by atoms with Crippen molar-refractivity contribution in [3.8, 4) is 5.75 Å². The van der Waals surface area contributed by atoms with Crippen LogP contribution < -0.4 is 10.2 Å². The van der Waals surface area contributed by atoms with E-state index in [0.717, 1.165) is 12.0 Å². The van der Waals surface area contributed by atoms with Crippen molar-refractivity contribution in [2.24, 2.45) is 5.10 Å². The summed E-state index contributed by atoms with van der Waals surface area (Å²) < 4.78 is 5.44. The van der Waals surface area contributed by atoms with E-state index in [1.165, 1.54) is 11.8 Å². The Morgan fingerprint density at radius 2 is 2.13 bits per heavy atom. The van der Waals surface area contributed by atoms with E-state index in [1.54, 1.807) is 18.5 Å². The fraction of sp³-hybridized carbons (Fsp3) is 0.278. The number of nitrogens with zero attached hydrogens (tertiary/aromatic N) is 2. The molecule has 1 aromatic carbocycles. The molecule has 0 aliphatic heterocycles. The Hall–Kier alpha value is -2.69. The van der Waals surface area contributed by atoms with E-state index in [4.69, 9.17) is 4.74 Å². The van der Waals surface area contributed by atoms with Gasteiger partial charge in [-0.1, -0.05) is 32.0 Å². The standard InChI is InChI=1S/C18H21N3O2/c1-3-14(2)16-6-8-17(9-7-16)23-13-18(22)21-20-12-15-5-4-10-19-11-15/h4-12,14H,3,13H2,1-2H3,(H,21,22)/b20-12-/t14-/m0/s1. The summed E-state index contributed by atoms with van der Waals surface area (Å²) >= 11 is 0. The zero-order chi connectivity index (χ0) is 16.5. The van der Waals surface area contributed by atoms with Crippen molar-refractivity contribution in [2.75, 3.05) is 6.61 Å². The number of hydrogen-bond donors (Lipinski definition) is 1. The van der Waals surface area contributed by atoms with Gasteiger partial charge in [0, 0.05) is 18.0 Å². The third-order valence-electron chi connectivity index (χ3n) is 3.52. The summed E-state index contributed by atoms with van der Waals surface area (Å²) in [5.41, 5.74) is 4.50. The number of benzene rings is 1. The van der Waals surface area contributed by atoms with Crippen molar-refractivity contribution in [2.45, 2.75) is 26.2 Å². The first-order valence-electron chi connectivity index (χ1n) is 7.63. The van der Waals surface area contributed by atoms with Crippen LogP contribution in [0.3, 0.4) is 0 Å². The molecule has 1 atom stereocenters. The summed E-state index contributed by atoms with van der Waals surface area (Å²) in [6, 6.07) is 11.5. The molecule has 120 valence electrons. The number of carbonyl (C=O) groups excluding carboxylic acids is 1. The Kier molecular flexibility index (Phi) is 6.29. The average molecular weight is 311 g/mol. The molecule has 1 N–H and O–H groups in total. The molecule has 0 unspecified atom stereocenters. The summed E-state index contributed by atoms with van der Waals surface area (Å²) in [5, 5.41) is 3.86. The van der Waals surface area contributed by atoms with E-state index >= 15 is 0 Å². The maximum absolute atomic E-state index is 11.7. The maximum atomic E-state index is 11.7. The first-order valence-corrected chi connectivity index (χ1v) is 7.63. The Labute approximate surface area is 136 Å². The lowest BCUT2D eigenvalue weighted by Crippen LogP contribution is -2.24. The van der Waals surface area contributed by atoms with Crippen LogP contribution in [0.1, 0.15) is 37.3 Å². The van der Waals surface area contributed by atoms with Crippen molar-refractivity contribution in [3.05, 3.63) is 59.9 Å². The smallest absolute Gasteiger partial charge is 0.277 e. The fourth-order valence-electron chi connectivity index (χ4n) is 1.94. The number of amides is 1. The van der Waals surface area contributed by atoms with Crippen LogP contribution in [0.2, 0.25) is 0 Å². The topological polar surface area (TPSA) is 63.6 Å². The lowest BCUT2D eigenvalue weighted by molar-refractivity contribution is -0.123. The third-order valence-corrected chi connectivity index (χ3v) is 3.52. The van der Waals surface area contributed by atoms with Crippen LogP contribution in [0, 0.1) is 0 Å². The van der Waals surface area contributed by atoms with Gasteiger partial charge >= 0.3 is 0 Å². The SMILES string of the molecule is CC[C@H](C)c1ccc(OCC(=O)N/N=C\c2cccnc2)cc1. The normalized spacial score (nSPS) is 12.1. The number of carbonyl (C=O) groups is 1. The minimum Gasteiger partial charge on any atom is -0.484 e. The van der Waals surface area contributed by atoms with Gasteiger partial charge in [-0.2, -0.15) is 5.10 Å². The first kappa shape index (κ1) is 16.7. The molecule has 0 saturated carbocycles. The highest BCUT2D eigenvalue weighted by atomic mass is 16.5. The zero-order valence-electron chi connectivity index (χ0n) is 13.4. The van der Waals surface area contributed by atoms with Crippen LogP contribution in [-0.2, 0) is 4.79 Å². The molecule has 1 heterocycles. The second-order valence-electron chi connectivity index (χ2n) is 5.25. The highest BCUT2D eigenvalue weighted by Crippen LogP contribution is 2.21. The van der Waals surface area contributed by atoms with E-state index in [-0.39, 0.29) is 12.5 Å². The molecule has 5 nitrogen and oxygen atoms in total. The first-order chi connectivity index (χ1) is 11.2. The van der Waals surface area contributed by atoms with Crippen molar-refractivity contribution >= 4 is 12.1 Å². The Balaban J connectivity index is 1.77. The van der Waals surface area contributed by atoms with Gasteiger partial charge in [-0.25, -0.2) is 5.43 Å². The van der Waals surface area contributed by atoms with Gasteiger partial charge in [-0.15, -0.1) is 0 Å².